The molecule has 0 aromatic heterocycles. The normalized spacial score (nSPS) is 11.8. The van der Waals surface area contributed by atoms with Gasteiger partial charge in [-0.3, -0.25) is 24.0 Å². The summed E-state index contributed by atoms with van der Waals surface area (Å²) in [7, 11) is -4.37. The highest BCUT2D eigenvalue weighted by Crippen LogP contribution is 2.28. The molecule has 1 N–H and O–H groups in total. The van der Waals surface area contributed by atoms with Crippen molar-refractivity contribution in [3.05, 3.63) is 135 Å². The molecule has 0 aliphatic heterocycles. The Morgan fingerprint density at radius 1 is 0.889 bits per heavy atom. The molecule has 0 saturated heterocycles. The lowest BCUT2D eigenvalue weighted by Gasteiger charge is -2.34. The number of nitrogens with one attached hydrogen (secondary N) is 1. The Bertz CT molecular complexity index is 1740. The number of rotatable bonds is 14. The van der Waals surface area contributed by atoms with Gasteiger partial charge in [0.2, 0.25) is 11.8 Å². The summed E-state index contributed by atoms with van der Waals surface area (Å²) in [6, 6.07) is 28.2. The van der Waals surface area contributed by atoms with Gasteiger partial charge in [0, 0.05) is 36.1 Å². The SMILES string of the molecule is CCCNC(=O)C(Cc1ccccc1)N(Cc1cccc(Br)c1)C(=O)CN(c1cccc([N+](=O)[O-])c1)S(=O)(=O)c1ccccc1. The molecule has 0 aliphatic carbocycles. The van der Waals surface area contributed by atoms with Gasteiger partial charge in [-0.05, 0) is 47.9 Å². The highest BCUT2D eigenvalue weighted by molar-refractivity contribution is 9.10. The van der Waals surface area contributed by atoms with E-state index in [1.54, 1.807) is 24.3 Å². The second-order valence-corrected chi connectivity index (χ2v) is 13.0. The Balaban J connectivity index is 1.82. The Kier molecular flexibility index (Phi) is 11.4. The van der Waals surface area contributed by atoms with Gasteiger partial charge in [-0.15, -0.1) is 0 Å². The van der Waals surface area contributed by atoms with E-state index < -0.39 is 33.4 Å². The number of amides is 2. The quantitative estimate of drug-likeness (QED) is 0.133. The first-order valence-corrected chi connectivity index (χ1v) is 16.5. The Morgan fingerprint density at radius 2 is 1.53 bits per heavy atom. The first-order valence-electron chi connectivity index (χ1n) is 14.3. The lowest BCUT2D eigenvalue weighted by molar-refractivity contribution is -0.384. The lowest BCUT2D eigenvalue weighted by Crippen LogP contribution is -2.53. The smallest absolute Gasteiger partial charge is 0.271 e. The summed E-state index contributed by atoms with van der Waals surface area (Å²) in [5, 5.41) is 14.5. The molecule has 0 aliphatic rings. The zero-order valence-corrected chi connectivity index (χ0v) is 27.0. The minimum Gasteiger partial charge on any atom is -0.354 e. The number of carbonyl (C=O) groups excluding carboxylic acids is 2. The van der Waals surface area contributed by atoms with Crippen LogP contribution in [0, 0.1) is 10.1 Å². The fourth-order valence-electron chi connectivity index (χ4n) is 4.76. The van der Waals surface area contributed by atoms with Gasteiger partial charge in [-0.25, -0.2) is 8.42 Å². The number of carbonyl (C=O) groups is 2. The number of halogens is 1. The third kappa shape index (κ3) is 8.77. The van der Waals surface area contributed by atoms with Crippen LogP contribution in [0.15, 0.2) is 119 Å². The van der Waals surface area contributed by atoms with E-state index >= 15 is 0 Å². The first kappa shape index (κ1) is 33.3. The molecule has 0 spiro atoms. The average Bonchev–Trinajstić information content (AvgIpc) is 3.04. The summed E-state index contributed by atoms with van der Waals surface area (Å²) in [5.74, 6) is -1.04. The fourth-order valence-corrected chi connectivity index (χ4v) is 6.64. The summed E-state index contributed by atoms with van der Waals surface area (Å²) in [6.45, 7) is 1.61. The maximum Gasteiger partial charge on any atom is 0.271 e. The molecule has 234 valence electrons. The molecule has 1 unspecified atom stereocenters. The van der Waals surface area contributed by atoms with Crippen molar-refractivity contribution in [3.8, 4) is 0 Å². The number of benzene rings is 4. The van der Waals surface area contributed by atoms with Gasteiger partial charge < -0.3 is 10.2 Å². The molecule has 12 heteroatoms. The molecule has 45 heavy (non-hydrogen) atoms. The molecule has 4 aromatic rings. The Labute approximate surface area is 271 Å². The second-order valence-electron chi connectivity index (χ2n) is 10.2. The van der Waals surface area contributed by atoms with E-state index in [2.05, 4.69) is 21.2 Å². The summed E-state index contributed by atoms with van der Waals surface area (Å²) in [4.78, 5) is 40.3. The number of hydrogen-bond acceptors (Lipinski definition) is 6. The minimum absolute atomic E-state index is 0.00345. The minimum atomic E-state index is -4.37. The van der Waals surface area contributed by atoms with Crippen molar-refractivity contribution in [2.75, 3.05) is 17.4 Å². The molecule has 0 saturated carbocycles. The molecule has 0 heterocycles. The van der Waals surface area contributed by atoms with Crippen molar-refractivity contribution in [2.24, 2.45) is 0 Å². The van der Waals surface area contributed by atoms with Crippen molar-refractivity contribution in [3.63, 3.8) is 0 Å². The fraction of sp³-hybridized carbons (Fsp3) is 0.212. The predicted molar refractivity (Wildman–Crippen MR) is 176 cm³/mol. The largest absolute Gasteiger partial charge is 0.354 e. The van der Waals surface area contributed by atoms with Crippen LogP contribution in [-0.2, 0) is 32.6 Å². The van der Waals surface area contributed by atoms with Crippen molar-refractivity contribution in [1.29, 1.82) is 0 Å². The molecular weight excluding hydrogens is 660 g/mol. The number of hydrogen-bond donors (Lipinski definition) is 1. The number of non-ortho nitro benzene ring substituents is 1. The second kappa shape index (κ2) is 15.4. The molecule has 2 amide bonds. The third-order valence-electron chi connectivity index (χ3n) is 7.00. The zero-order valence-electron chi connectivity index (χ0n) is 24.6. The third-order valence-corrected chi connectivity index (χ3v) is 9.28. The van der Waals surface area contributed by atoms with E-state index in [4.69, 9.17) is 0 Å². The van der Waals surface area contributed by atoms with Crippen molar-refractivity contribution in [1.82, 2.24) is 10.2 Å². The van der Waals surface area contributed by atoms with Gasteiger partial charge in [0.15, 0.2) is 0 Å². The van der Waals surface area contributed by atoms with E-state index in [1.807, 2.05) is 55.5 Å². The van der Waals surface area contributed by atoms with Crippen LogP contribution in [0.5, 0.6) is 0 Å². The Morgan fingerprint density at radius 3 is 2.18 bits per heavy atom. The monoisotopic (exact) mass is 692 g/mol. The van der Waals surface area contributed by atoms with Crippen LogP contribution >= 0.6 is 15.9 Å². The van der Waals surface area contributed by atoms with E-state index in [0.717, 1.165) is 20.4 Å². The Hall–Kier alpha value is -4.55. The van der Waals surface area contributed by atoms with E-state index in [0.29, 0.717) is 18.5 Å². The molecule has 1 atom stereocenters. The van der Waals surface area contributed by atoms with Crippen molar-refractivity contribution < 1.29 is 22.9 Å². The molecule has 10 nitrogen and oxygen atoms in total. The molecule has 4 aromatic carbocycles. The number of sulfonamides is 1. The lowest BCUT2D eigenvalue weighted by atomic mass is 10.0. The maximum absolute atomic E-state index is 14.4. The summed E-state index contributed by atoms with van der Waals surface area (Å²) in [6.07, 6.45) is 0.859. The summed E-state index contributed by atoms with van der Waals surface area (Å²) in [5.41, 5.74) is 1.14. The van der Waals surface area contributed by atoms with Gasteiger partial charge in [-0.2, -0.15) is 0 Å². The number of nitrogens with zero attached hydrogens (tertiary/aromatic N) is 3. The van der Waals surface area contributed by atoms with Crippen molar-refractivity contribution in [2.45, 2.75) is 37.2 Å². The molecule has 0 fully saturated rings. The number of nitro groups is 1. The molecule has 0 bridgehead atoms. The van der Waals surface area contributed by atoms with E-state index in [1.165, 1.54) is 35.2 Å². The van der Waals surface area contributed by atoms with Crippen LogP contribution in [0.4, 0.5) is 11.4 Å². The van der Waals surface area contributed by atoms with E-state index in [9.17, 15) is 28.1 Å². The van der Waals surface area contributed by atoms with Crippen LogP contribution in [0.3, 0.4) is 0 Å². The van der Waals surface area contributed by atoms with Crippen LogP contribution in [0.25, 0.3) is 0 Å². The number of anilines is 1. The summed E-state index contributed by atoms with van der Waals surface area (Å²) >= 11 is 3.46. The van der Waals surface area contributed by atoms with Gasteiger partial charge >= 0.3 is 0 Å². The highest BCUT2D eigenvalue weighted by atomic mass is 79.9. The average molecular weight is 694 g/mol. The molecule has 0 radical (unpaired) electrons. The van der Waals surface area contributed by atoms with Crippen molar-refractivity contribution >= 4 is 49.1 Å². The predicted octanol–water partition coefficient (Wildman–Crippen LogP) is 5.72. The van der Waals surface area contributed by atoms with E-state index in [-0.39, 0.29) is 35.1 Å². The van der Waals surface area contributed by atoms with Crippen LogP contribution in [0.1, 0.15) is 24.5 Å². The maximum atomic E-state index is 14.4. The number of nitro benzene ring substituents is 1. The zero-order chi connectivity index (χ0) is 32.4. The van der Waals surface area contributed by atoms with Gasteiger partial charge in [0.05, 0.1) is 15.5 Å². The van der Waals surface area contributed by atoms with Gasteiger partial charge in [0.1, 0.15) is 12.6 Å². The van der Waals surface area contributed by atoms with Gasteiger partial charge in [0.25, 0.3) is 15.7 Å². The highest BCUT2D eigenvalue weighted by Gasteiger charge is 2.35. The van der Waals surface area contributed by atoms with Crippen LogP contribution in [0.2, 0.25) is 0 Å². The molecule has 4 rings (SSSR count). The van der Waals surface area contributed by atoms with Gasteiger partial charge in [-0.1, -0.05) is 89.6 Å². The first-order chi connectivity index (χ1) is 21.6. The van der Waals surface area contributed by atoms with Crippen LogP contribution < -0.4 is 9.62 Å². The molecular formula is C33H33BrN4O6S. The topological polar surface area (TPSA) is 130 Å². The summed E-state index contributed by atoms with van der Waals surface area (Å²) < 4.78 is 29.6. The van der Waals surface area contributed by atoms with Crippen LogP contribution in [-0.4, -0.2) is 49.2 Å². The standard InChI is InChI=1S/C33H33BrN4O6S/c1-2-19-35-33(40)31(21-25-11-5-3-6-12-25)36(23-26-13-9-14-27(34)20-26)32(39)24-37(28-15-10-16-29(22-28)38(41)42)45(43,44)30-17-7-4-8-18-30/h3-18,20,22,31H,2,19,21,23-24H2,1H3,(H,35,40).